The normalized spacial score (nSPS) is 12.4. The van der Waals surface area contributed by atoms with Crippen molar-refractivity contribution in [2.75, 3.05) is 20.1 Å². The van der Waals surface area contributed by atoms with Gasteiger partial charge in [0.05, 0.1) is 11.1 Å². The van der Waals surface area contributed by atoms with Gasteiger partial charge in [-0.05, 0) is 26.7 Å². The summed E-state index contributed by atoms with van der Waals surface area (Å²) in [6.07, 6.45) is 0. The summed E-state index contributed by atoms with van der Waals surface area (Å²) in [5.41, 5.74) is 0.399. The number of hydrogen-bond donors (Lipinski definition) is 3. The zero-order chi connectivity index (χ0) is 17.5. The lowest BCUT2D eigenvalue weighted by Crippen LogP contribution is -2.47. The van der Waals surface area contributed by atoms with E-state index in [2.05, 4.69) is 39.9 Å². The molecule has 0 saturated carbocycles. The van der Waals surface area contributed by atoms with Gasteiger partial charge in [0.25, 0.3) is 0 Å². The molecule has 1 rings (SSSR count). The molecule has 1 amide bonds. The van der Waals surface area contributed by atoms with Crippen molar-refractivity contribution in [2.45, 2.75) is 47.1 Å². The minimum atomic E-state index is -0.526. The van der Waals surface area contributed by atoms with Gasteiger partial charge in [0.15, 0.2) is 11.7 Å². The van der Waals surface area contributed by atoms with Crippen molar-refractivity contribution in [1.82, 2.24) is 21.1 Å². The second kappa shape index (κ2) is 8.55. The summed E-state index contributed by atoms with van der Waals surface area (Å²) in [5, 5.41) is 13.0. The largest absolute Gasteiger partial charge is 0.359 e. The molecule has 0 spiro atoms. The van der Waals surface area contributed by atoms with Crippen LogP contribution >= 0.6 is 0 Å². The summed E-state index contributed by atoms with van der Waals surface area (Å²) in [6.45, 7) is 11.5. The first-order valence-corrected chi connectivity index (χ1v) is 8.00. The Morgan fingerprint density at radius 1 is 1.39 bits per heavy atom. The Morgan fingerprint density at radius 2 is 2.09 bits per heavy atom. The predicted molar refractivity (Wildman–Crippen MR) is 91.3 cm³/mol. The number of nitrogens with zero attached hydrogens (tertiary/aromatic N) is 2. The minimum Gasteiger partial charge on any atom is -0.359 e. The zero-order valence-electron chi connectivity index (χ0n) is 15.0. The zero-order valence-corrected chi connectivity index (χ0v) is 15.0. The number of rotatable bonds is 7. The lowest BCUT2D eigenvalue weighted by molar-refractivity contribution is -0.128. The van der Waals surface area contributed by atoms with Crippen molar-refractivity contribution in [3.05, 3.63) is 17.5 Å². The predicted octanol–water partition coefficient (Wildman–Crippen LogP) is 1.63. The Hall–Kier alpha value is -2.05. The number of aromatic nitrogens is 1. The summed E-state index contributed by atoms with van der Waals surface area (Å²) in [6, 6.07) is 1.92. The van der Waals surface area contributed by atoms with Crippen molar-refractivity contribution in [1.29, 1.82) is 0 Å². The number of hydrogen-bond acceptors (Lipinski definition) is 4. The van der Waals surface area contributed by atoms with Gasteiger partial charge in [0, 0.05) is 26.2 Å². The summed E-state index contributed by atoms with van der Waals surface area (Å²) in [7, 11) is 1.64. The fraction of sp³-hybridized carbons (Fsp3) is 0.688. The second-order valence-electron chi connectivity index (χ2n) is 6.38. The molecule has 0 fully saturated rings. The van der Waals surface area contributed by atoms with Gasteiger partial charge in [-0.15, -0.1) is 0 Å². The summed E-state index contributed by atoms with van der Waals surface area (Å²) in [5.74, 6) is 1.68. The van der Waals surface area contributed by atoms with Crippen molar-refractivity contribution in [3.8, 4) is 0 Å². The highest BCUT2D eigenvalue weighted by Gasteiger charge is 2.26. The molecule has 0 radical (unpaired) electrons. The van der Waals surface area contributed by atoms with E-state index >= 15 is 0 Å². The molecule has 7 heteroatoms. The Bertz CT molecular complexity index is 534. The lowest BCUT2D eigenvalue weighted by Gasteiger charge is -2.24. The van der Waals surface area contributed by atoms with Gasteiger partial charge < -0.3 is 20.5 Å². The van der Waals surface area contributed by atoms with E-state index in [0.717, 1.165) is 18.0 Å². The molecule has 1 heterocycles. The molecule has 3 N–H and O–H groups in total. The van der Waals surface area contributed by atoms with Crippen molar-refractivity contribution < 1.29 is 9.32 Å². The standard InChI is InChI=1S/C16H29N5O2/c1-7-18-15(20-10-16(4,5)14(22)17-6)19-9-12-8-13(11(2)3)21-23-12/h8,11H,7,9-10H2,1-6H3,(H,17,22)(H2,18,19,20). The molecule has 0 aliphatic carbocycles. The van der Waals surface area contributed by atoms with E-state index < -0.39 is 5.41 Å². The van der Waals surface area contributed by atoms with Gasteiger partial charge >= 0.3 is 0 Å². The maximum Gasteiger partial charge on any atom is 0.227 e. The van der Waals surface area contributed by atoms with Crippen molar-refractivity contribution in [3.63, 3.8) is 0 Å². The number of aliphatic imine (C=N–C) groups is 1. The average Bonchev–Trinajstić information content (AvgIpc) is 2.98. The van der Waals surface area contributed by atoms with Crippen LogP contribution in [0.15, 0.2) is 15.6 Å². The van der Waals surface area contributed by atoms with Crippen LogP contribution < -0.4 is 16.0 Å². The Morgan fingerprint density at radius 3 is 2.61 bits per heavy atom. The molecule has 0 aromatic carbocycles. The van der Waals surface area contributed by atoms with E-state index in [1.54, 1.807) is 7.05 Å². The van der Waals surface area contributed by atoms with Gasteiger partial charge in [0.2, 0.25) is 5.91 Å². The molecular formula is C16H29N5O2. The third-order valence-corrected chi connectivity index (χ3v) is 3.45. The Balaban J connectivity index is 2.67. The molecule has 0 aliphatic rings. The van der Waals surface area contributed by atoms with Crippen LogP contribution in [-0.2, 0) is 11.3 Å². The molecule has 0 bridgehead atoms. The van der Waals surface area contributed by atoms with Crippen LogP contribution in [-0.4, -0.2) is 37.2 Å². The number of guanidine groups is 1. The molecule has 130 valence electrons. The third kappa shape index (κ3) is 5.92. The molecule has 0 saturated heterocycles. The van der Waals surface area contributed by atoms with Crippen LogP contribution in [0.25, 0.3) is 0 Å². The first-order chi connectivity index (χ1) is 10.8. The Kier molecular flexibility index (Phi) is 7.06. The van der Waals surface area contributed by atoms with E-state index in [-0.39, 0.29) is 5.91 Å². The third-order valence-electron chi connectivity index (χ3n) is 3.45. The molecule has 0 aliphatic heterocycles. The van der Waals surface area contributed by atoms with Crippen LogP contribution in [0.4, 0.5) is 0 Å². The van der Waals surface area contributed by atoms with Crippen LogP contribution in [0, 0.1) is 5.41 Å². The summed E-state index contributed by atoms with van der Waals surface area (Å²) < 4.78 is 5.28. The summed E-state index contributed by atoms with van der Waals surface area (Å²) in [4.78, 5) is 16.3. The van der Waals surface area contributed by atoms with Gasteiger partial charge in [-0.25, -0.2) is 4.99 Å². The van der Waals surface area contributed by atoms with E-state index in [9.17, 15) is 4.79 Å². The van der Waals surface area contributed by atoms with Gasteiger partial charge in [-0.2, -0.15) is 0 Å². The minimum absolute atomic E-state index is 0.0161. The van der Waals surface area contributed by atoms with Crippen LogP contribution in [0.3, 0.4) is 0 Å². The molecule has 0 unspecified atom stereocenters. The van der Waals surface area contributed by atoms with Crippen molar-refractivity contribution >= 4 is 11.9 Å². The topological polar surface area (TPSA) is 91.6 Å². The highest BCUT2D eigenvalue weighted by atomic mass is 16.5. The lowest BCUT2D eigenvalue weighted by atomic mass is 9.92. The van der Waals surface area contributed by atoms with Crippen LogP contribution in [0.1, 0.15) is 52.0 Å². The monoisotopic (exact) mass is 323 g/mol. The molecule has 0 atom stereocenters. The molecule has 7 nitrogen and oxygen atoms in total. The van der Waals surface area contributed by atoms with Gasteiger partial charge in [-0.1, -0.05) is 19.0 Å². The van der Waals surface area contributed by atoms with Gasteiger partial charge in [-0.3, -0.25) is 4.79 Å². The fourth-order valence-electron chi connectivity index (χ4n) is 1.90. The van der Waals surface area contributed by atoms with Crippen LogP contribution in [0.2, 0.25) is 0 Å². The molecule has 1 aromatic heterocycles. The number of amides is 1. The first kappa shape index (κ1) is 19.0. The second-order valence-corrected chi connectivity index (χ2v) is 6.38. The Labute approximate surface area is 138 Å². The van der Waals surface area contributed by atoms with E-state index in [4.69, 9.17) is 4.52 Å². The highest BCUT2D eigenvalue weighted by Crippen LogP contribution is 2.15. The molecular weight excluding hydrogens is 294 g/mol. The summed E-state index contributed by atoms with van der Waals surface area (Å²) >= 11 is 0. The maximum atomic E-state index is 11.8. The van der Waals surface area contributed by atoms with Crippen LogP contribution in [0.5, 0.6) is 0 Å². The molecule has 1 aromatic rings. The first-order valence-electron chi connectivity index (χ1n) is 8.00. The van der Waals surface area contributed by atoms with E-state index in [0.29, 0.717) is 25.0 Å². The highest BCUT2D eigenvalue weighted by molar-refractivity contribution is 5.84. The maximum absolute atomic E-state index is 11.8. The number of carbonyl (C=O) groups is 1. The smallest absolute Gasteiger partial charge is 0.227 e. The average molecular weight is 323 g/mol. The fourth-order valence-corrected chi connectivity index (χ4v) is 1.90. The SMILES string of the molecule is CCNC(=NCc1cc(C(C)C)no1)NCC(C)(C)C(=O)NC. The number of nitrogens with one attached hydrogen (secondary N) is 3. The van der Waals surface area contributed by atoms with Gasteiger partial charge in [0.1, 0.15) is 6.54 Å². The quantitative estimate of drug-likeness (QED) is 0.524. The van der Waals surface area contributed by atoms with E-state index in [1.165, 1.54) is 0 Å². The van der Waals surface area contributed by atoms with E-state index in [1.807, 2.05) is 26.8 Å². The molecule has 23 heavy (non-hydrogen) atoms. The van der Waals surface area contributed by atoms with Crippen molar-refractivity contribution in [2.24, 2.45) is 10.4 Å². The number of carbonyl (C=O) groups excluding carboxylic acids is 1.